The van der Waals surface area contributed by atoms with Gasteiger partial charge in [-0.05, 0) is 38.5 Å². The molecule has 1 heterocycles. The number of nitrogens with two attached hydrogens (primary N) is 1. The van der Waals surface area contributed by atoms with E-state index >= 15 is 0 Å². The Morgan fingerprint density at radius 3 is 2.91 bits per heavy atom. The lowest BCUT2D eigenvalue weighted by molar-refractivity contribution is -0.128. The SMILES string of the molecule is CCCN(CCC1=CCCCC1)C(=O)CSc1nnc(N)s1. The molecule has 122 valence electrons. The van der Waals surface area contributed by atoms with E-state index in [9.17, 15) is 4.79 Å². The maximum absolute atomic E-state index is 12.4. The molecule has 1 aliphatic carbocycles. The van der Waals surface area contributed by atoms with Gasteiger partial charge in [0.25, 0.3) is 0 Å². The van der Waals surface area contributed by atoms with E-state index in [1.165, 1.54) is 54.4 Å². The Bertz CT molecular complexity index is 515. The molecular weight excluding hydrogens is 316 g/mol. The second-order valence-electron chi connectivity index (χ2n) is 5.43. The number of thioether (sulfide) groups is 1. The molecule has 0 fully saturated rings. The molecule has 2 rings (SSSR count). The number of allylic oxidation sites excluding steroid dienone is 1. The van der Waals surface area contributed by atoms with Crippen LogP contribution >= 0.6 is 23.1 Å². The zero-order valence-corrected chi connectivity index (χ0v) is 14.7. The number of carbonyl (C=O) groups is 1. The van der Waals surface area contributed by atoms with Crippen LogP contribution in [0.15, 0.2) is 16.0 Å². The van der Waals surface area contributed by atoms with E-state index in [1.54, 1.807) is 0 Å². The highest BCUT2D eigenvalue weighted by Crippen LogP contribution is 2.24. The third-order valence-corrected chi connectivity index (χ3v) is 5.55. The van der Waals surface area contributed by atoms with Gasteiger partial charge in [0.05, 0.1) is 5.75 Å². The molecule has 0 atom stereocenters. The average molecular weight is 341 g/mol. The summed E-state index contributed by atoms with van der Waals surface area (Å²) in [5.41, 5.74) is 7.07. The second-order valence-corrected chi connectivity index (χ2v) is 7.67. The second kappa shape index (κ2) is 9.15. The fourth-order valence-electron chi connectivity index (χ4n) is 2.53. The summed E-state index contributed by atoms with van der Waals surface area (Å²) in [6, 6.07) is 0. The molecule has 0 unspecified atom stereocenters. The van der Waals surface area contributed by atoms with E-state index in [1.807, 2.05) is 4.90 Å². The van der Waals surface area contributed by atoms with Crippen LogP contribution in [0.5, 0.6) is 0 Å². The van der Waals surface area contributed by atoms with Crippen molar-refractivity contribution >= 4 is 34.1 Å². The van der Waals surface area contributed by atoms with E-state index in [2.05, 4.69) is 23.2 Å². The van der Waals surface area contributed by atoms with Crippen LogP contribution in [-0.2, 0) is 4.79 Å². The molecule has 22 heavy (non-hydrogen) atoms. The molecule has 7 heteroatoms. The normalized spacial score (nSPS) is 14.7. The summed E-state index contributed by atoms with van der Waals surface area (Å²) in [6.45, 7) is 3.76. The van der Waals surface area contributed by atoms with Gasteiger partial charge in [0, 0.05) is 13.1 Å². The first kappa shape index (κ1) is 17.3. The Morgan fingerprint density at radius 2 is 2.27 bits per heavy atom. The minimum absolute atomic E-state index is 0.178. The molecule has 0 saturated carbocycles. The van der Waals surface area contributed by atoms with Crippen LogP contribution in [0.2, 0.25) is 0 Å². The number of amides is 1. The third-order valence-electron chi connectivity index (χ3n) is 3.68. The lowest BCUT2D eigenvalue weighted by Gasteiger charge is -2.23. The van der Waals surface area contributed by atoms with Crippen molar-refractivity contribution in [2.75, 3.05) is 24.6 Å². The number of nitrogen functional groups attached to an aromatic ring is 1. The zero-order valence-electron chi connectivity index (χ0n) is 13.1. The van der Waals surface area contributed by atoms with Gasteiger partial charge in [0.15, 0.2) is 4.34 Å². The van der Waals surface area contributed by atoms with Gasteiger partial charge in [-0.25, -0.2) is 0 Å². The van der Waals surface area contributed by atoms with Crippen LogP contribution in [0.25, 0.3) is 0 Å². The van der Waals surface area contributed by atoms with Crippen LogP contribution in [0.1, 0.15) is 45.4 Å². The standard InChI is InChI=1S/C15H24N4OS2/c1-2-9-19(10-8-12-6-4-3-5-7-12)13(20)11-21-15-18-17-14(16)22-15/h6H,2-5,7-11H2,1H3,(H2,16,17). The highest BCUT2D eigenvalue weighted by Gasteiger charge is 2.15. The van der Waals surface area contributed by atoms with E-state index in [4.69, 9.17) is 5.73 Å². The van der Waals surface area contributed by atoms with Gasteiger partial charge >= 0.3 is 0 Å². The summed E-state index contributed by atoms with van der Waals surface area (Å²) >= 11 is 2.75. The third kappa shape index (κ3) is 5.61. The van der Waals surface area contributed by atoms with Gasteiger partial charge in [-0.3, -0.25) is 4.79 Å². The number of hydrogen-bond donors (Lipinski definition) is 1. The molecule has 1 amide bonds. The summed E-state index contributed by atoms with van der Waals surface area (Å²) in [5, 5.41) is 8.15. The van der Waals surface area contributed by atoms with E-state index < -0.39 is 0 Å². The van der Waals surface area contributed by atoms with Gasteiger partial charge in [-0.1, -0.05) is 41.7 Å². The topological polar surface area (TPSA) is 72.1 Å². The minimum atomic E-state index is 0.178. The fourth-order valence-corrected chi connectivity index (χ4v) is 4.07. The fraction of sp³-hybridized carbons (Fsp3) is 0.667. The first-order valence-corrected chi connectivity index (χ1v) is 9.66. The quantitative estimate of drug-likeness (QED) is 0.580. The highest BCUT2D eigenvalue weighted by atomic mass is 32.2. The Kier molecular flexibility index (Phi) is 7.18. The molecule has 1 aromatic rings. The van der Waals surface area contributed by atoms with E-state index in [-0.39, 0.29) is 5.91 Å². The number of aromatic nitrogens is 2. The molecule has 0 aliphatic heterocycles. The molecule has 0 aromatic carbocycles. The minimum Gasteiger partial charge on any atom is -0.374 e. The average Bonchev–Trinajstić information content (AvgIpc) is 2.95. The highest BCUT2D eigenvalue weighted by molar-refractivity contribution is 8.01. The van der Waals surface area contributed by atoms with Gasteiger partial charge < -0.3 is 10.6 Å². The maximum atomic E-state index is 12.4. The van der Waals surface area contributed by atoms with Gasteiger partial charge in [0.1, 0.15) is 0 Å². The van der Waals surface area contributed by atoms with Crippen molar-refractivity contribution in [1.82, 2.24) is 15.1 Å². The van der Waals surface area contributed by atoms with E-state index in [0.29, 0.717) is 10.9 Å². The van der Waals surface area contributed by atoms with Crippen LogP contribution in [-0.4, -0.2) is 39.8 Å². The Hall–Kier alpha value is -1.08. The maximum Gasteiger partial charge on any atom is 0.233 e. The summed E-state index contributed by atoms with van der Waals surface area (Å²) in [6.07, 6.45) is 9.36. The van der Waals surface area contributed by atoms with E-state index in [0.717, 1.165) is 30.3 Å². The van der Waals surface area contributed by atoms with Crippen molar-refractivity contribution in [3.05, 3.63) is 11.6 Å². The van der Waals surface area contributed by atoms with Crippen molar-refractivity contribution in [2.24, 2.45) is 0 Å². The molecule has 0 saturated heterocycles. The number of hydrogen-bond acceptors (Lipinski definition) is 6. The molecule has 0 radical (unpaired) electrons. The zero-order chi connectivity index (χ0) is 15.8. The summed E-state index contributed by atoms with van der Waals surface area (Å²) in [5.74, 6) is 0.588. The van der Waals surface area contributed by atoms with Crippen molar-refractivity contribution < 1.29 is 4.79 Å². The molecule has 5 nitrogen and oxygen atoms in total. The predicted molar refractivity (Wildman–Crippen MR) is 93.1 cm³/mol. The van der Waals surface area contributed by atoms with Gasteiger partial charge in [-0.15, -0.1) is 10.2 Å². The Balaban J connectivity index is 1.80. The monoisotopic (exact) mass is 340 g/mol. The molecule has 1 aliphatic rings. The van der Waals surface area contributed by atoms with Crippen LogP contribution in [0, 0.1) is 0 Å². The molecule has 0 spiro atoms. The molecule has 2 N–H and O–H groups in total. The molecular formula is C15H24N4OS2. The van der Waals surface area contributed by atoms with Gasteiger partial charge in [-0.2, -0.15) is 0 Å². The number of rotatable bonds is 8. The summed E-state index contributed by atoms with van der Waals surface area (Å²) in [4.78, 5) is 14.4. The Morgan fingerprint density at radius 1 is 1.41 bits per heavy atom. The van der Waals surface area contributed by atoms with Crippen molar-refractivity contribution in [1.29, 1.82) is 0 Å². The lowest BCUT2D eigenvalue weighted by Crippen LogP contribution is -2.34. The van der Waals surface area contributed by atoms with Crippen LogP contribution < -0.4 is 5.73 Å². The largest absolute Gasteiger partial charge is 0.374 e. The van der Waals surface area contributed by atoms with Gasteiger partial charge in [0.2, 0.25) is 11.0 Å². The van der Waals surface area contributed by atoms with Crippen molar-refractivity contribution in [3.8, 4) is 0 Å². The smallest absolute Gasteiger partial charge is 0.233 e. The first-order valence-electron chi connectivity index (χ1n) is 7.86. The van der Waals surface area contributed by atoms with Crippen molar-refractivity contribution in [3.63, 3.8) is 0 Å². The summed E-state index contributed by atoms with van der Waals surface area (Å²) < 4.78 is 0.761. The van der Waals surface area contributed by atoms with Crippen LogP contribution in [0.4, 0.5) is 5.13 Å². The first-order chi connectivity index (χ1) is 10.7. The van der Waals surface area contributed by atoms with Crippen LogP contribution in [0.3, 0.4) is 0 Å². The number of carbonyl (C=O) groups excluding carboxylic acids is 1. The van der Waals surface area contributed by atoms with Crippen molar-refractivity contribution in [2.45, 2.75) is 49.8 Å². The Labute approximate surface area is 140 Å². The number of anilines is 1. The number of nitrogens with zero attached hydrogens (tertiary/aromatic N) is 3. The molecule has 1 aromatic heterocycles. The summed E-state index contributed by atoms with van der Waals surface area (Å²) in [7, 11) is 0. The lowest BCUT2D eigenvalue weighted by atomic mass is 9.97. The molecule has 0 bridgehead atoms. The predicted octanol–water partition coefficient (Wildman–Crippen LogP) is 3.34.